The van der Waals surface area contributed by atoms with Crippen molar-refractivity contribution in [3.05, 3.63) is 63.0 Å². The first-order valence-corrected chi connectivity index (χ1v) is 10.2. The van der Waals surface area contributed by atoms with Gasteiger partial charge in [0.2, 0.25) is 5.91 Å². The summed E-state index contributed by atoms with van der Waals surface area (Å²) in [7, 11) is 1.74. The molecular formula is C22H25ClN2O3. The number of aryl methyl sites for hydroxylation is 1. The Bertz CT molecular complexity index is 939. The summed E-state index contributed by atoms with van der Waals surface area (Å²) in [4.78, 5) is 27.2. The van der Waals surface area contributed by atoms with E-state index in [1.807, 2.05) is 42.2 Å². The largest absolute Gasteiger partial charge is 0.486 e. The van der Waals surface area contributed by atoms with E-state index in [0.29, 0.717) is 23.9 Å². The minimum absolute atomic E-state index is 0.0703. The third kappa shape index (κ3) is 3.32. The SMILES string of the molecule is Cc1cc(OC2CN(C(=O)C3(c4ccc(Cl)cc4)CCCC3)C2)cc(=O)n1C. The van der Waals surface area contributed by atoms with E-state index in [0.717, 1.165) is 36.9 Å². The van der Waals surface area contributed by atoms with E-state index in [1.54, 1.807) is 11.6 Å². The summed E-state index contributed by atoms with van der Waals surface area (Å²) in [5, 5.41) is 0.686. The van der Waals surface area contributed by atoms with Gasteiger partial charge in [-0.15, -0.1) is 0 Å². The maximum absolute atomic E-state index is 13.4. The van der Waals surface area contributed by atoms with Gasteiger partial charge in [-0.2, -0.15) is 0 Å². The van der Waals surface area contributed by atoms with Gasteiger partial charge in [-0.1, -0.05) is 36.6 Å². The van der Waals surface area contributed by atoms with E-state index in [1.165, 1.54) is 6.07 Å². The van der Waals surface area contributed by atoms with Gasteiger partial charge in [0.25, 0.3) is 5.56 Å². The lowest BCUT2D eigenvalue weighted by atomic mass is 9.77. The van der Waals surface area contributed by atoms with Gasteiger partial charge in [-0.25, -0.2) is 0 Å². The highest BCUT2D eigenvalue weighted by Gasteiger charge is 2.48. The average molecular weight is 401 g/mol. The second-order valence-corrected chi connectivity index (χ2v) is 8.41. The first-order valence-electron chi connectivity index (χ1n) is 9.79. The zero-order chi connectivity index (χ0) is 19.9. The summed E-state index contributed by atoms with van der Waals surface area (Å²) in [6, 6.07) is 11.1. The van der Waals surface area contributed by atoms with Crippen molar-refractivity contribution in [2.75, 3.05) is 13.1 Å². The average Bonchev–Trinajstić information content (AvgIpc) is 3.13. The Balaban J connectivity index is 1.45. The van der Waals surface area contributed by atoms with Crippen LogP contribution >= 0.6 is 11.6 Å². The Morgan fingerprint density at radius 2 is 1.79 bits per heavy atom. The number of hydrogen-bond donors (Lipinski definition) is 0. The molecule has 1 saturated carbocycles. The number of hydrogen-bond acceptors (Lipinski definition) is 3. The number of benzene rings is 1. The van der Waals surface area contributed by atoms with Crippen molar-refractivity contribution in [2.45, 2.75) is 44.1 Å². The van der Waals surface area contributed by atoms with E-state index < -0.39 is 5.41 Å². The Kier molecular flexibility index (Phi) is 4.96. The van der Waals surface area contributed by atoms with Crippen LogP contribution in [-0.4, -0.2) is 34.6 Å². The van der Waals surface area contributed by atoms with E-state index >= 15 is 0 Å². The van der Waals surface area contributed by atoms with Crippen LogP contribution in [0.15, 0.2) is 41.2 Å². The van der Waals surface area contributed by atoms with Crippen LogP contribution in [0.1, 0.15) is 36.9 Å². The first-order chi connectivity index (χ1) is 13.4. The number of aromatic nitrogens is 1. The number of amides is 1. The van der Waals surface area contributed by atoms with Crippen molar-refractivity contribution < 1.29 is 9.53 Å². The maximum Gasteiger partial charge on any atom is 0.254 e. The fraction of sp³-hybridized carbons (Fsp3) is 0.455. The lowest BCUT2D eigenvalue weighted by molar-refractivity contribution is -0.146. The Morgan fingerprint density at radius 1 is 1.14 bits per heavy atom. The molecule has 2 fully saturated rings. The number of rotatable bonds is 4. The number of halogens is 1. The summed E-state index contributed by atoms with van der Waals surface area (Å²) < 4.78 is 7.52. The molecule has 1 saturated heterocycles. The molecule has 0 N–H and O–H groups in total. The quantitative estimate of drug-likeness (QED) is 0.789. The van der Waals surface area contributed by atoms with Crippen LogP contribution in [0.2, 0.25) is 5.02 Å². The molecule has 0 spiro atoms. The molecule has 2 aromatic rings. The summed E-state index contributed by atoms with van der Waals surface area (Å²) in [5.74, 6) is 0.762. The number of likely N-dealkylation sites (tertiary alicyclic amines) is 1. The van der Waals surface area contributed by atoms with Crippen molar-refractivity contribution in [3.8, 4) is 5.75 Å². The molecule has 6 heteroatoms. The second-order valence-electron chi connectivity index (χ2n) is 7.98. The molecule has 1 aliphatic carbocycles. The van der Waals surface area contributed by atoms with E-state index in [9.17, 15) is 9.59 Å². The molecule has 0 unspecified atom stereocenters. The van der Waals surface area contributed by atoms with Gasteiger partial charge in [-0.3, -0.25) is 9.59 Å². The Morgan fingerprint density at radius 3 is 2.39 bits per heavy atom. The van der Waals surface area contributed by atoms with Gasteiger partial charge in [0, 0.05) is 23.8 Å². The van der Waals surface area contributed by atoms with Gasteiger partial charge in [0.15, 0.2) is 0 Å². The summed E-state index contributed by atoms with van der Waals surface area (Å²) in [6.07, 6.45) is 3.81. The molecule has 2 aliphatic rings. The zero-order valence-electron chi connectivity index (χ0n) is 16.3. The van der Waals surface area contributed by atoms with Crippen LogP contribution in [-0.2, 0) is 17.3 Å². The number of carbonyl (C=O) groups excluding carboxylic acids is 1. The van der Waals surface area contributed by atoms with Crippen LogP contribution < -0.4 is 10.3 Å². The highest BCUT2D eigenvalue weighted by atomic mass is 35.5. The molecule has 2 heterocycles. The van der Waals surface area contributed by atoms with Crippen molar-refractivity contribution in [1.82, 2.24) is 9.47 Å². The van der Waals surface area contributed by atoms with Crippen molar-refractivity contribution >= 4 is 17.5 Å². The van der Waals surface area contributed by atoms with E-state index in [2.05, 4.69) is 0 Å². The molecule has 148 valence electrons. The third-order valence-electron chi connectivity index (χ3n) is 6.18. The standard InChI is InChI=1S/C22H25ClN2O3/c1-15-11-18(12-20(26)24(15)2)28-19-13-25(14-19)21(27)22(9-3-4-10-22)16-5-7-17(23)8-6-16/h5-8,11-12,19H,3-4,9-10,13-14H2,1-2H3. The molecule has 1 amide bonds. The Hall–Kier alpha value is -2.27. The summed E-state index contributed by atoms with van der Waals surface area (Å²) >= 11 is 6.04. The molecule has 1 aromatic carbocycles. The molecule has 1 aliphatic heterocycles. The minimum Gasteiger partial charge on any atom is -0.486 e. The van der Waals surface area contributed by atoms with Crippen molar-refractivity contribution in [1.29, 1.82) is 0 Å². The van der Waals surface area contributed by atoms with Gasteiger partial charge < -0.3 is 14.2 Å². The molecular weight excluding hydrogens is 376 g/mol. The predicted molar refractivity (Wildman–Crippen MR) is 109 cm³/mol. The minimum atomic E-state index is -0.436. The van der Waals surface area contributed by atoms with Crippen LogP contribution in [0.4, 0.5) is 0 Å². The van der Waals surface area contributed by atoms with Crippen molar-refractivity contribution in [3.63, 3.8) is 0 Å². The van der Waals surface area contributed by atoms with E-state index in [-0.39, 0.29) is 17.6 Å². The molecule has 0 bridgehead atoms. The fourth-order valence-corrected chi connectivity index (χ4v) is 4.48. The maximum atomic E-state index is 13.4. The normalized spacial score (nSPS) is 18.8. The highest BCUT2D eigenvalue weighted by Crippen LogP contribution is 2.43. The van der Waals surface area contributed by atoms with Gasteiger partial charge >= 0.3 is 0 Å². The summed E-state index contributed by atoms with van der Waals surface area (Å²) in [5.41, 5.74) is 1.39. The smallest absolute Gasteiger partial charge is 0.254 e. The van der Waals surface area contributed by atoms with Crippen LogP contribution in [0.25, 0.3) is 0 Å². The van der Waals surface area contributed by atoms with Crippen LogP contribution in [0, 0.1) is 6.92 Å². The zero-order valence-corrected chi connectivity index (χ0v) is 17.0. The number of pyridine rings is 1. The topological polar surface area (TPSA) is 51.5 Å². The molecule has 4 rings (SSSR count). The highest BCUT2D eigenvalue weighted by molar-refractivity contribution is 6.30. The Labute approximate surface area is 169 Å². The monoisotopic (exact) mass is 400 g/mol. The number of carbonyl (C=O) groups is 1. The number of ether oxygens (including phenoxy) is 1. The van der Waals surface area contributed by atoms with Crippen LogP contribution in [0.3, 0.4) is 0 Å². The van der Waals surface area contributed by atoms with Crippen LogP contribution in [0.5, 0.6) is 5.75 Å². The number of nitrogens with zero attached hydrogens (tertiary/aromatic N) is 2. The lowest BCUT2D eigenvalue weighted by Crippen LogP contribution is -2.60. The molecule has 0 atom stereocenters. The predicted octanol–water partition coefficient (Wildman–Crippen LogP) is 3.45. The molecule has 0 radical (unpaired) electrons. The van der Waals surface area contributed by atoms with Crippen molar-refractivity contribution in [2.24, 2.45) is 7.05 Å². The molecule has 28 heavy (non-hydrogen) atoms. The van der Waals surface area contributed by atoms with Gasteiger partial charge in [-0.05, 0) is 43.5 Å². The third-order valence-corrected chi connectivity index (χ3v) is 6.43. The molecule has 5 nitrogen and oxygen atoms in total. The second kappa shape index (κ2) is 7.28. The van der Waals surface area contributed by atoms with Gasteiger partial charge in [0.1, 0.15) is 11.9 Å². The van der Waals surface area contributed by atoms with E-state index in [4.69, 9.17) is 16.3 Å². The molecule has 1 aromatic heterocycles. The lowest BCUT2D eigenvalue weighted by Gasteiger charge is -2.44. The first kappa shape index (κ1) is 19.1. The summed E-state index contributed by atoms with van der Waals surface area (Å²) in [6.45, 7) is 2.99. The van der Waals surface area contributed by atoms with Gasteiger partial charge in [0.05, 0.1) is 18.5 Å². The fourth-order valence-electron chi connectivity index (χ4n) is 4.35.